The minimum absolute atomic E-state index is 0.133. The molecule has 1 fully saturated rings. The average molecular weight is 371 g/mol. The van der Waals surface area contributed by atoms with Crippen LogP contribution in [0.3, 0.4) is 0 Å². The zero-order chi connectivity index (χ0) is 17.3. The van der Waals surface area contributed by atoms with Crippen LogP contribution in [-0.2, 0) is 11.2 Å². The second-order valence-electron chi connectivity index (χ2n) is 6.88. The Morgan fingerprint density at radius 2 is 1.92 bits per heavy atom. The monoisotopic (exact) mass is 370 g/mol. The second-order valence-corrected chi connectivity index (χ2v) is 7.73. The molecule has 1 N–H and O–H groups in total. The van der Waals surface area contributed by atoms with Crippen LogP contribution in [0.1, 0.15) is 42.9 Å². The summed E-state index contributed by atoms with van der Waals surface area (Å²) in [4.78, 5) is 16.5. The minimum Gasteiger partial charge on any atom is -0.391 e. The third kappa shape index (κ3) is 3.72. The first-order valence-corrected chi connectivity index (χ1v) is 9.37. The van der Waals surface area contributed by atoms with Crippen LogP contribution in [0.2, 0.25) is 10.0 Å². The summed E-state index contributed by atoms with van der Waals surface area (Å²) in [7, 11) is 1.88. The Kier molecular flexibility index (Phi) is 5.70. The SMILES string of the molecule is CN(CC(=O)N1CCCCCC1)[C@H]1c2cc(Cl)cc(Cl)c2C[C@H]1O. The van der Waals surface area contributed by atoms with Crippen molar-refractivity contribution in [1.29, 1.82) is 0 Å². The number of likely N-dealkylation sites (tertiary alicyclic amines) is 1. The molecule has 4 nitrogen and oxygen atoms in total. The van der Waals surface area contributed by atoms with Crippen molar-refractivity contribution in [3.8, 4) is 0 Å². The molecule has 1 aliphatic carbocycles. The number of carbonyl (C=O) groups is 1. The van der Waals surface area contributed by atoms with E-state index < -0.39 is 6.10 Å². The number of hydrogen-bond donors (Lipinski definition) is 1. The molecule has 6 heteroatoms. The number of amides is 1. The highest BCUT2D eigenvalue weighted by Crippen LogP contribution is 2.40. The van der Waals surface area contributed by atoms with Crippen molar-refractivity contribution in [2.75, 3.05) is 26.7 Å². The standard InChI is InChI=1S/C18H24Cl2N2O2/c1-21(11-17(24)22-6-4-2-3-5-7-22)18-14-8-12(19)9-15(20)13(14)10-16(18)23/h8-9,16,18,23H,2-7,10-11H2,1H3/t16-,18+/m1/s1. The van der Waals surface area contributed by atoms with Crippen LogP contribution in [0.25, 0.3) is 0 Å². The molecule has 0 bridgehead atoms. The lowest BCUT2D eigenvalue weighted by Crippen LogP contribution is -2.42. The van der Waals surface area contributed by atoms with Crippen LogP contribution in [0.4, 0.5) is 0 Å². The first-order valence-electron chi connectivity index (χ1n) is 8.61. The van der Waals surface area contributed by atoms with E-state index in [9.17, 15) is 9.90 Å². The summed E-state index contributed by atoms with van der Waals surface area (Å²) in [6.45, 7) is 1.98. The van der Waals surface area contributed by atoms with Gasteiger partial charge < -0.3 is 10.0 Å². The van der Waals surface area contributed by atoms with Gasteiger partial charge in [0, 0.05) is 29.6 Å². The van der Waals surface area contributed by atoms with Gasteiger partial charge in [0.05, 0.1) is 18.7 Å². The molecule has 3 rings (SSSR count). The number of fused-ring (bicyclic) bond motifs is 1. The van der Waals surface area contributed by atoms with E-state index in [2.05, 4.69) is 0 Å². The van der Waals surface area contributed by atoms with Crippen LogP contribution in [-0.4, -0.2) is 53.6 Å². The molecule has 1 aromatic carbocycles. The Morgan fingerprint density at radius 1 is 1.25 bits per heavy atom. The van der Waals surface area contributed by atoms with Crippen molar-refractivity contribution >= 4 is 29.1 Å². The van der Waals surface area contributed by atoms with Crippen molar-refractivity contribution in [2.24, 2.45) is 0 Å². The molecule has 1 aliphatic heterocycles. The molecular weight excluding hydrogens is 347 g/mol. The predicted octanol–water partition coefficient (Wildman–Crippen LogP) is 3.29. The first-order chi connectivity index (χ1) is 11.5. The molecule has 0 unspecified atom stereocenters. The number of carbonyl (C=O) groups excluding carboxylic acids is 1. The third-order valence-electron chi connectivity index (χ3n) is 5.11. The van der Waals surface area contributed by atoms with E-state index >= 15 is 0 Å². The van der Waals surface area contributed by atoms with Crippen LogP contribution in [0.15, 0.2) is 12.1 Å². The van der Waals surface area contributed by atoms with E-state index in [0.29, 0.717) is 23.0 Å². The van der Waals surface area contributed by atoms with Gasteiger partial charge >= 0.3 is 0 Å². The van der Waals surface area contributed by atoms with E-state index in [1.165, 1.54) is 12.8 Å². The van der Waals surface area contributed by atoms with Crippen molar-refractivity contribution in [3.63, 3.8) is 0 Å². The Hall–Kier alpha value is -0.810. The number of benzene rings is 1. The minimum atomic E-state index is -0.571. The van der Waals surface area contributed by atoms with Gasteiger partial charge in [0.25, 0.3) is 0 Å². The van der Waals surface area contributed by atoms with Crippen molar-refractivity contribution in [3.05, 3.63) is 33.3 Å². The Morgan fingerprint density at radius 3 is 2.58 bits per heavy atom. The lowest BCUT2D eigenvalue weighted by Gasteiger charge is -2.30. The van der Waals surface area contributed by atoms with E-state index in [1.807, 2.05) is 22.9 Å². The highest BCUT2D eigenvalue weighted by molar-refractivity contribution is 6.35. The molecule has 2 atom stereocenters. The molecule has 2 aliphatic rings. The Labute approximate surface area is 153 Å². The fourth-order valence-electron chi connectivity index (χ4n) is 3.89. The number of halogens is 2. The van der Waals surface area contributed by atoms with Gasteiger partial charge in [0.1, 0.15) is 0 Å². The quantitative estimate of drug-likeness (QED) is 0.887. The number of aliphatic hydroxyl groups excluding tert-OH is 1. The number of likely N-dealkylation sites (N-methyl/N-ethyl adjacent to an activating group) is 1. The molecule has 0 aromatic heterocycles. The molecular formula is C18H24Cl2N2O2. The van der Waals surface area contributed by atoms with Gasteiger partial charge in [0.2, 0.25) is 5.91 Å². The van der Waals surface area contributed by atoms with Gasteiger partial charge in [0.15, 0.2) is 0 Å². The number of hydrogen-bond acceptors (Lipinski definition) is 3. The molecule has 1 amide bonds. The highest BCUT2D eigenvalue weighted by Gasteiger charge is 2.36. The summed E-state index contributed by atoms with van der Waals surface area (Å²) in [5.41, 5.74) is 1.87. The van der Waals surface area contributed by atoms with E-state index in [4.69, 9.17) is 23.2 Å². The number of rotatable bonds is 3. The molecule has 0 saturated carbocycles. The molecule has 24 heavy (non-hydrogen) atoms. The molecule has 132 valence electrons. The molecule has 1 aromatic rings. The van der Waals surface area contributed by atoms with E-state index in [0.717, 1.165) is 37.1 Å². The Balaban J connectivity index is 1.73. The van der Waals surface area contributed by atoms with E-state index in [-0.39, 0.29) is 11.9 Å². The maximum Gasteiger partial charge on any atom is 0.236 e. The lowest BCUT2D eigenvalue weighted by atomic mass is 10.1. The molecule has 1 saturated heterocycles. The topological polar surface area (TPSA) is 43.8 Å². The first kappa shape index (κ1) is 18.0. The van der Waals surface area contributed by atoms with Gasteiger partial charge in [-0.1, -0.05) is 36.0 Å². The third-order valence-corrected chi connectivity index (χ3v) is 5.66. The number of aliphatic hydroxyl groups is 1. The van der Waals surface area contributed by atoms with Crippen LogP contribution in [0.5, 0.6) is 0 Å². The summed E-state index contributed by atoms with van der Waals surface area (Å²) in [6.07, 6.45) is 4.48. The Bertz CT molecular complexity index is 615. The summed E-state index contributed by atoms with van der Waals surface area (Å²) >= 11 is 12.4. The second kappa shape index (κ2) is 7.61. The van der Waals surface area contributed by atoms with Crippen LogP contribution in [0, 0.1) is 0 Å². The van der Waals surface area contributed by atoms with Gasteiger partial charge in [-0.15, -0.1) is 0 Å². The lowest BCUT2D eigenvalue weighted by molar-refractivity contribution is -0.133. The predicted molar refractivity (Wildman–Crippen MR) is 96.6 cm³/mol. The largest absolute Gasteiger partial charge is 0.391 e. The fourth-order valence-corrected chi connectivity index (χ4v) is 4.48. The van der Waals surface area contributed by atoms with Crippen LogP contribution < -0.4 is 0 Å². The van der Waals surface area contributed by atoms with Gasteiger partial charge in [-0.05, 0) is 43.1 Å². The maximum absolute atomic E-state index is 12.6. The molecule has 0 spiro atoms. The molecule has 1 heterocycles. The number of nitrogens with zero attached hydrogens (tertiary/aromatic N) is 2. The average Bonchev–Trinajstić information content (AvgIpc) is 2.71. The van der Waals surface area contributed by atoms with E-state index in [1.54, 1.807) is 6.07 Å². The summed E-state index contributed by atoms with van der Waals surface area (Å²) < 4.78 is 0. The summed E-state index contributed by atoms with van der Waals surface area (Å²) in [6, 6.07) is 3.32. The van der Waals surface area contributed by atoms with Gasteiger partial charge in [-0.3, -0.25) is 9.69 Å². The zero-order valence-electron chi connectivity index (χ0n) is 14.0. The zero-order valence-corrected chi connectivity index (χ0v) is 15.5. The van der Waals surface area contributed by atoms with Crippen molar-refractivity contribution < 1.29 is 9.90 Å². The maximum atomic E-state index is 12.6. The fraction of sp³-hybridized carbons (Fsp3) is 0.611. The van der Waals surface area contributed by atoms with Crippen molar-refractivity contribution in [2.45, 2.75) is 44.2 Å². The highest BCUT2D eigenvalue weighted by atomic mass is 35.5. The molecule has 0 radical (unpaired) electrons. The smallest absolute Gasteiger partial charge is 0.236 e. The van der Waals surface area contributed by atoms with Crippen molar-refractivity contribution in [1.82, 2.24) is 9.80 Å². The van der Waals surface area contributed by atoms with Gasteiger partial charge in [-0.25, -0.2) is 0 Å². The summed E-state index contributed by atoms with van der Waals surface area (Å²) in [5, 5.41) is 11.6. The van der Waals surface area contributed by atoms with Crippen LogP contribution >= 0.6 is 23.2 Å². The summed E-state index contributed by atoms with van der Waals surface area (Å²) in [5.74, 6) is 0.133. The normalized spacial score (nSPS) is 24.1. The van der Waals surface area contributed by atoms with Gasteiger partial charge in [-0.2, -0.15) is 0 Å².